The van der Waals surface area contributed by atoms with E-state index >= 15 is 0 Å². The van der Waals surface area contributed by atoms with Crippen molar-refractivity contribution in [2.75, 3.05) is 12.0 Å². The number of hydrogen-bond donors (Lipinski definition) is 0. The number of carbonyl (C=O) groups is 1. The topological polar surface area (TPSA) is 82.2 Å². The molecule has 1 atom stereocenters. The monoisotopic (exact) mass is 489 g/mol. The predicted octanol–water partition coefficient (Wildman–Crippen LogP) is 4.38. The highest BCUT2D eigenvalue weighted by Crippen LogP contribution is 2.43. The predicted molar refractivity (Wildman–Crippen MR) is 134 cm³/mol. The molecule has 4 aromatic rings. The number of ether oxygens (including phenoxy) is 1. The molecule has 0 spiro atoms. The number of methoxy groups -OCH3 is 1. The molecule has 1 aliphatic rings. The molecular formula is C26H24ClN5O3. The highest BCUT2D eigenvalue weighted by Gasteiger charge is 2.44. The standard InChI is InChI=1S/C26H24ClN5O3/c1-5-31-23-21(29-24(31)17-8-11-20(35-4)28-13-17)22(16-6-9-18(27)10-7-16)32(26(23)34)19-12-15(2)25(33)30(3)14-19/h6-14,22H,5H2,1-4H3/t22-/m0/s1. The fourth-order valence-electron chi connectivity index (χ4n) is 4.61. The van der Waals surface area contributed by atoms with Gasteiger partial charge < -0.3 is 13.9 Å². The maximum atomic E-state index is 14.0. The van der Waals surface area contributed by atoms with Gasteiger partial charge in [0.05, 0.1) is 18.5 Å². The minimum absolute atomic E-state index is 0.105. The summed E-state index contributed by atoms with van der Waals surface area (Å²) >= 11 is 6.16. The van der Waals surface area contributed by atoms with E-state index in [2.05, 4.69) is 4.98 Å². The molecule has 0 unspecified atom stereocenters. The van der Waals surface area contributed by atoms with Crippen LogP contribution in [0.4, 0.5) is 5.69 Å². The molecule has 0 radical (unpaired) electrons. The summed E-state index contributed by atoms with van der Waals surface area (Å²) in [4.78, 5) is 37.3. The SMILES string of the molecule is CCn1c(-c2ccc(OC)nc2)nc2c1C(=O)N(c1cc(C)c(=O)n(C)c1)[C@H]2c1ccc(Cl)cc1. The number of pyridine rings is 2. The van der Waals surface area contributed by atoms with Gasteiger partial charge in [-0.1, -0.05) is 23.7 Å². The Morgan fingerprint density at radius 1 is 1.11 bits per heavy atom. The second-order valence-corrected chi connectivity index (χ2v) is 8.87. The smallest absolute Gasteiger partial charge is 0.277 e. The van der Waals surface area contributed by atoms with E-state index in [1.807, 2.05) is 29.7 Å². The lowest BCUT2D eigenvalue weighted by atomic mass is 10.0. The molecule has 0 aliphatic carbocycles. The first-order valence-electron chi connectivity index (χ1n) is 11.2. The van der Waals surface area contributed by atoms with Crippen molar-refractivity contribution >= 4 is 23.2 Å². The van der Waals surface area contributed by atoms with Crippen LogP contribution in [-0.2, 0) is 13.6 Å². The minimum Gasteiger partial charge on any atom is -0.481 e. The van der Waals surface area contributed by atoms with Crippen LogP contribution in [-0.4, -0.2) is 32.1 Å². The van der Waals surface area contributed by atoms with Crippen molar-refractivity contribution in [3.8, 4) is 17.3 Å². The molecule has 178 valence electrons. The van der Waals surface area contributed by atoms with Gasteiger partial charge in [-0.2, -0.15) is 0 Å². The zero-order valence-electron chi connectivity index (χ0n) is 19.8. The third-order valence-electron chi connectivity index (χ3n) is 6.26. The summed E-state index contributed by atoms with van der Waals surface area (Å²) in [7, 11) is 3.25. The van der Waals surface area contributed by atoms with E-state index < -0.39 is 6.04 Å². The molecule has 8 nitrogen and oxygen atoms in total. The number of rotatable bonds is 5. The van der Waals surface area contributed by atoms with Crippen molar-refractivity contribution in [1.82, 2.24) is 19.1 Å². The number of fused-ring (bicyclic) bond motifs is 1. The summed E-state index contributed by atoms with van der Waals surface area (Å²) in [6.07, 6.45) is 3.38. The van der Waals surface area contributed by atoms with Crippen molar-refractivity contribution < 1.29 is 9.53 Å². The Hall–Kier alpha value is -3.91. The molecule has 0 saturated heterocycles. The Kier molecular flexibility index (Phi) is 5.68. The normalized spacial score (nSPS) is 14.9. The summed E-state index contributed by atoms with van der Waals surface area (Å²) in [5.74, 6) is 0.985. The van der Waals surface area contributed by atoms with Gasteiger partial charge in [0.2, 0.25) is 5.88 Å². The summed E-state index contributed by atoms with van der Waals surface area (Å²) in [5, 5.41) is 0.604. The number of aryl methyl sites for hydroxylation is 2. The fraction of sp³-hybridized carbons (Fsp3) is 0.231. The fourth-order valence-corrected chi connectivity index (χ4v) is 4.73. The summed E-state index contributed by atoms with van der Waals surface area (Å²) < 4.78 is 8.59. The first kappa shape index (κ1) is 22.9. The zero-order valence-corrected chi connectivity index (χ0v) is 20.6. The molecule has 3 aromatic heterocycles. The highest BCUT2D eigenvalue weighted by atomic mass is 35.5. The summed E-state index contributed by atoms with van der Waals surface area (Å²) in [5.41, 5.74) is 3.90. The number of anilines is 1. The van der Waals surface area contributed by atoms with Gasteiger partial charge in [0.1, 0.15) is 17.6 Å². The molecule has 1 aromatic carbocycles. The van der Waals surface area contributed by atoms with Gasteiger partial charge in [-0.05, 0) is 43.7 Å². The Balaban J connectivity index is 1.72. The van der Waals surface area contributed by atoms with Gasteiger partial charge in [-0.3, -0.25) is 14.5 Å². The van der Waals surface area contributed by atoms with Gasteiger partial charge in [0, 0.05) is 48.2 Å². The molecule has 1 aliphatic heterocycles. The van der Waals surface area contributed by atoms with Crippen LogP contribution in [0.1, 0.15) is 40.3 Å². The molecule has 9 heteroatoms. The molecular weight excluding hydrogens is 466 g/mol. The van der Waals surface area contributed by atoms with E-state index in [0.717, 1.165) is 11.1 Å². The lowest BCUT2D eigenvalue weighted by molar-refractivity contribution is 0.0985. The molecule has 35 heavy (non-hydrogen) atoms. The maximum Gasteiger partial charge on any atom is 0.277 e. The molecule has 5 rings (SSSR count). The van der Waals surface area contributed by atoms with Crippen LogP contribution in [0, 0.1) is 6.92 Å². The molecule has 0 N–H and O–H groups in total. The van der Waals surface area contributed by atoms with Gasteiger partial charge >= 0.3 is 0 Å². The van der Waals surface area contributed by atoms with Crippen molar-refractivity contribution in [3.63, 3.8) is 0 Å². The van der Waals surface area contributed by atoms with Crippen LogP contribution in [0.3, 0.4) is 0 Å². The number of benzene rings is 1. The maximum absolute atomic E-state index is 14.0. The average molecular weight is 490 g/mol. The Morgan fingerprint density at radius 3 is 2.46 bits per heavy atom. The van der Waals surface area contributed by atoms with Gasteiger partial charge in [0.25, 0.3) is 11.5 Å². The lowest BCUT2D eigenvalue weighted by Crippen LogP contribution is -2.32. The first-order valence-corrected chi connectivity index (χ1v) is 11.6. The molecule has 0 bridgehead atoms. The second kappa shape index (κ2) is 8.70. The lowest BCUT2D eigenvalue weighted by Gasteiger charge is -2.26. The van der Waals surface area contributed by atoms with Crippen LogP contribution < -0.4 is 15.2 Å². The van der Waals surface area contributed by atoms with E-state index in [-0.39, 0.29) is 11.5 Å². The van der Waals surface area contributed by atoms with E-state index in [4.69, 9.17) is 21.3 Å². The van der Waals surface area contributed by atoms with Gasteiger partial charge in [-0.15, -0.1) is 0 Å². The van der Waals surface area contributed by atoms with Crippen LogP contribution in [0.15, 0.2) is 59.7 Å². The van der Waals surface area contributed by atoms with Crippen LogP contribution in [0.2, 0.25) is 5.02 Å². The average Bonchev–Trinajstić information content (AvgIpc) is 3.37. The third kappa shape index (κ3) is 3.70. The Labute approximate surface area is 207 Å². The van der Waals surface area contributed by atoms with Crippen LogP contribution in [0.5, 0.6) is 5.88 Å². The third-order valence-corrected chi connectivity index (χ3v) is 6.52. The van der Waals surface area contributed by atoms with Crippen molar-refractivity contribution in [3.05, 3.63) is 92.7 Å². The number of aromatic nitrogens is 4. The number of nitrogens with zero attached hydrogens (tertiary/aromatic N) is 5. The Morgan fingerprint density at radius 2 is 1.86 bits per heavy atom. The van der Waals surface area contributed by atoms with Crippen LogP contribution >= 0.6 is 11.6 Å². The number of hydrogen-bond acceptors (Lipinski definition) is 5. The number of amides is 1. The number of halogens is 1. The van der Waals surface area contributed by atoms with Gasteiger partial charge in [-0.25, -0.2) is 9.97 Å². The number of imidazole rings is 1. The van der Waals surface area contributed by atoms with Gasteiger partial charge in [0.15, 0.2) is 0 Å². The van der Waals surface area contributed by atoms with Crippen molar-refractivity contribution in [2.45, 2.75) is 26.4 Å². The number of carbonyl (C=O) groups excluding carboxylic acids is 1. The summed E-state index contributed by atoms with van der Waals surface area (Å²) in [6.45, 7) is 4.27. The molecule has 0 fully saturated rings. The van der Waals surface area contributed by atoms with Crippen molar-refractivity contribution in [2.24, 2.45) is 7.05 Å². The molecule has 1 amide bonds. The molecule has 0 saturated carbocycles. The van der Waals surface area contributed by atoms with Crippen LogP contribution in [0.25, 0.3) is 11.4 Å². The minimum atomic E-state index is -0.482. The largest absolute Gasteiger partial charge is 0.481 e. The van der Waals surface area contributed by atoms with E-state index in [1.165, 1.54) is 4.57 Å². The van der Waals surface area contributed by atoms with E-state index in [0.29, 0.717) is 45.9 Å². The highest BCUT2D eigenvalue weighted by molar-refractivity contribution is 6.30. The Bertz CT molecular complexity index is 1460. The van der Waals surface area contributed by atoms with E-state index in [9.17, 15) is 9.59 Å². The second-order valence-electron chi connectivity index (χ2n) is 8.43. The zero-order chi connectivity index (χ0) is 24.9. The summed E-state index contributed by atoms with van der Waals surface area (Å²) in [6, 6.07) is 12.3. The quantitative estimate of drug-likeness (QED) is 0.415. The first-order chi connectivity index (χ1) is 16.8. The van der Waals surface area contributed by atoms with Crippen molar-refractivity contribution in [1.29, 1.82) is 0 Å². The molecule has 4 heterocycles. The van der Waals surface area contributed by atoms with E-state index in [1.54, 1.807) is 62.6 Å².